The third-order valence-electron chi connectivity index (χ3n) is 3.96. The highest BCUT2D eigenvalue weighted by atomic mass is 16.1. The third-order valence-corrected chi connectivity index (χ3v) is 3.96. The molecule has 0 saturated heterocycles. The standard InChI is InChI=1S/C14H22N2O/c1-3-4-11-5-7-12(8-6-11)13(17)14-15-9-10-16(14)2/h9-12H,3-8H2,1-2H3. The summed E-state index contributed by atoms with van der Waals surface area (Å²) in [6.45, 7) is 2.24. The molecule has 1 fully saturated rings. The zero-order chi connectivity index (χ0) is 12.3. The first kappa shape index (κ1) is 12.3. The van der Waals surface area contributed by atoms with Crippen molar-refractivity contribution >= 4 is 5.78 Å². The van der Waals surface area contributed by atoms with Crippen LogP contribution in [0.5, 0.6) is 0 Å². The van der Waals surface area contributed by atoms with Gasteiger partial charge in [-0.15, -0.1) is 0 Å². The minimum atomic E-state index is 0.212. The van der Waals surface area contributed by atoms with Crippen LogP contribution >= 0.6 is 0 Å². The fourth-order valence-electron chi connectivity index (χ4n) is 2.91. The number of aromatic nitrogens is 2. The minimum absolute atomic E-state index is 0.212. The van der Waals surface area contributed by atoms with E-state index >= 15 is 0 Å². The molecule has 94 valence electrons. The Balaban J connectivity index is 1.93. The van der Waals surface area contributed by atoms with E-state index < -0.39 is 0 Å². The molecule has 3 heteroatoms. The van der Waals surface area contributed by atoms with Crippen molar-refractivity contribution in [2.24, 2.45) is 18.9 Å². The second kappa shape index (κ2) is 5.48. The third kappa shape index (κ3) is 2.76. The lowest BCUT2D eigenvalue weighted by atomic mass is 9.78. The lowest BCUT2D eigenvalue weighted by Crippen LogP contribution is -2.24. The molecule has 0 amide bonds. The van der Waals surface area contributed by atoms with Gasteiger partial charge in [-0.1, -0.05) is 19.8 Å². The number of hydrogen-bond acceptors (Lipinski definition) is 2. The van der Waals surface area contributed by atoms with E-state index in [1.165, 1.54) is 25.7 Å². The number of imidazole rings is 1. The molecular formula is C14H22N2O. The van der Waals surface area contributed by atoms with Crippen LogP contribution in [-0.2, 0) is 7.05 Å². The largest absolute Gasteiger partial charge is 0.332 e. The number of Topliss-reactive ketones (excluding diaryl/α,β-unsaturated/α-hetero) is 1. The maximum Gasteiger partial charge on any atom is 0.201 e. The highest BCUT2D eigenvalue weighted by Gasteiger charge is 2.28. The van der Waals surface area contributed by atoms with Crippen LogP contribution in [0.15, 0.2) is 12.4 Å². The molecule has 3 nitrogen and oxygen atoms in total. The van der Waals surface area contributed by atoms with Gasteiger partial charge in [-0.05, 0) is 31.6 Å². The van der Waals surface area contributed by atoms with Crippen molar-refractivity contribution < 1.29 is 4.79 Å². The molecular weight excluding hydrogens is 212 g/mol. The Morgan fingerprint density at radius 1 is 1.41 bits per heavy atom. The van der Waals surface area contributed by atoms with Crippen LogP contribution < -0.4 is 0 Å². The molecule has 0 atom stereocenters. The van der Waals surface area contributed by atoms with Crippen LogP contribution in [0, 0.1) is 11.8 Å². The Morgan fingerprint density at radius 2 is 2.12 bits per heavy atom. The molecule has 0 N–H and O–H groups in total. The van der Waals surface area contributed by atoms with Crippen molar-refractivity contribution in [3.05, 3.63) is 18.2 Å². The van der Waals surface area contributed by atoms with Gasteiger partial charge in [0.15, 0.2) is 5.82 Å². The van der Waals surface area contributed by atoms with Crippen molar-refractivity contribution in [1.29, 1.82) is 0 Å². The quantitative estimate of drug-likeness (QED) is 0.750. The average molecular weight is 234 g/mol. The van der Waals surface area contributed by atoms with Gasteiger partial charge in [0.25, 0.3) is 0 Å². The van der Waals surface area contributed by atoms with Crippen LogP contribution in [0.3, 0.4) is 0 Å². The predicted molar refractivity (Wildman–Crippen MR) is 67.9 cm³/mol. The summed E-state index contributed by atoms with van der Waals surface area (Å²) in [5.41, 5.74) is 0. The van der Waals surface area contributed by atoms with Gasteiger partial charge in [-0.3, -0.25) is 4.79 Å². The minimum Gasteiger partial charge on any atom is -0.332 e. The summed E-state index contributed by atoms with van der Waals surface area (Å²) in [6, 6.07) is 0. The summed E-state index contributed by atoms with van der Waals surface area (Å²) in [4.78, 5) is 16.4. The monoisotopic (exact) mass is 234 g/mol. The molecule has 1 aromatic heterocycles. The number of rotatable bonds is 4. The maximum atomic E-state index is 12.3. The molecule has 0 unspecified atom stereocenters. The second-order valence-corrected chi connectivity index (χ2v) is 5.23. The second-order valence-electron chi connectivity index (χ2n) is 5.23. The Bertz CT molecular complexity index is 375. The Kier molecular flexibility index (Phi) is 3.97. The van der Waals surface area contributed by atoms with Crippen molar-refractivity contribution in [2.75, 3.05) is 0 Å². The number of carbonyl (C=O) groups is 1. The topological polar surface area (TPSA) is 34.9 Å². The zero-order valence-corrected chi connectivity index (χ0v) is 10.9. The Labute approximate surface area is 103 Å². The number of ketones is 1. The highest BCUT2D eigenvalue weighted by Crippen LogP contribution is 2.32. The van der Waals surface area contributed by atoms with Crippen LogP contribution in [-0.4, -0.2) is 15.3 Å². The molecule has 0 aliphatic heterocycles. The fraction of sp³-hybridized carbons (Fsp3) is 0.714. The lowest BCUT2D eigenvalue weighted by Gasteiger charge is -2.27. The predicted octanol–water partition coefficient (Wildman–Crippen LogP) is 3.21. The number of nitrogens with zero attached hydrogens (tertiary/aromatic N) is 2. The number of aryl methyl sites for hydroxylation is 1. The SMILES string of the molecule is CCCC1CCC(C(=O)c2nccn2C)CC1. The zero-order valence-electron chi connectivity index (χ0n) is 10.9. The van der Waals surface area contributed by atoms with Gasteiger partial charge in [0.1, 0.15) is 0 Å². The Morgan fingerprint density at radius 3 is 2.65 bits per heavy atom. The summed E-state index contributed by atoms with van der Waals surface area (Å²) < 4.78 is 1.83. The number of carbonyl (C=O) groups excluding carboxylic acids is 1. The van der Waals surface area contributed by atoms with Gasteiger partial charge in [-0.2, -0.15) is 0 Å². The van der Waals surface area contributed by atoms with E-state index in [1.54, 1.807) is 6.20 Å². The first-order valence-electron chi connectivity index (χ1n) is 6.74. The van der Waals surface area contributed by atoms with E-state index in [4.69, 9.17) is 0 Å². The number of hydrogen-bond donors (Lipinski definition) is 0. The summed E-state index contributed by atoms with van der Waals surface area (Å²) in [7, 11) is 1.89. The molecule has 2 rings (SSSR count). The van der Waals surface area contributed by atoms with E-state index in [0.29, 0.717) is 5.82 Å². The smallest absolute Gasteiger partial charge is 0.201 e. The first-order chi connectivity index (χ1) is 8.22. The van der Waals surface area contributed by atoms with Crippen LogP contribution in [0.25, 0.3) is 0 Å². The summed E-state index contributed by atoms with van der Waals surface area (Å²) >= 11 is 0. The molecule has 1 saturated carbocycles. The van der Waals surface area contributed by atoms with Crippen molar-refractivity contribution in [3.8, 4) is 0 Å². The lowest BCUT2D eigenvalue weighted by molar-refractivity contribution is 0.0855. The molecule has 1 aromatic rings. The van der Waals surface area contributed by atoms with E-state index in [2.05, 4.69) is 11.9 Å². The van der Waals surface area contributed by atoms with Crippen LogP contribution in [0.2, 0.25) is 0 Å². The fourth-order valence-corrected chi connectivity index (χ4v) is 2.91. The molecule has 1 aliphatic carbocycles. The first-order valence-corrected chi connectivity index (χ1v) is 6.74. The summed E-state index contributed by atoms with van der Waals surface area (Å²) in [5, 5.41) is 0. The van der Waals surface area contributed by atoms with E-state index in [-0.39, 0.29) is 11.7 Å². The average Bonchev–Trinajstić information content (AvgIpc) is 2.76. The van der Waals surface area contributed by atoms with Gasteiger partial charge in [0, 0.05) is 25.4 Å². The van der Waals surface area contributed by atoms with Crippen LogP contribution in [0.1, 0.15) is 56.1 Å². The van der Waals surface area contributed by atoms with E-state index in [9.17, 15) is 4.79 Å². The van der Waals surface area contributed by atoms with Gasteiger partial charge >= 0.3 is 0 Å². The van der Waals surface area contributed by atoms with Gasteiger partial charge in [0.2, 0.25) is 5.78 Å². The molecule has 0 spiro atoms. The molecule has 0 bridgehead atoms. The molecule has 1 aliphatic rings. The van der Waals surface area contributed by atoms with Gasteiger partial charge in [0.05, 0.1) is 0 Å². The van der Waals surface area contributed by atoms with Crippen molar-refractivity contribution in [1.82, 2.24) is 9.55 Å². The molecule has 0 radical (unpaired) electrons. The molecule has 17 heavy (non-hydrogen) atoms. The normalized spacial score (nSPS) is 24.8. The van der Waals surface area contributed by atoms with Crippen LogP contribution in [0.4, 0.5) is 0 Å². The van der Waals surface area contributed by atoms with Crippen molar-refractivity contribution in [2.45, 2.75) is 45.4 Å². The molecule has 1 heterocycles. The van der Waals surface area contributed by atoms with E-state index in [1.807, 2.05) is 17.8 Å². The summed E-state index contributed by atoms with van der Waals surface area (Å²) in [6.07, 6.45) is 10.7. The Hall–Kier alpha value is -1.12. The molecule has 0 aromatic carbocycles. The highest BCUT2D eigenvalue weighted by molar-refractivity contribution is 5.94. The van der Waals surface area contributed by atoms with Crippen molar-refractivity contribution in [3.63, 3.8) is 0 Å². The summed E-state index contributed by atoms with van der Waals surface area (Å²) in [5.74, 6) is 1.94. The van der Waals surface area contributed by atoms with Gasteiger partial charge < -0.3 is 4.57 Å². The van der Waals surface area contributed by atoms with E-state index in [0.717, 1.165) is 18.8 Å². The van der Waals surface area contributed by atoms with Gasteiger partial charge in [-0.25, -0.2) is 4.98 Å². The maximum absolute atomic E-state index is 12.3.